The smallest absolute Gasteiger partial charge is 0.411 e. The molecule has 48 heavy (non-hydrogen) atoms. The number of ether oxygens (including phenoxy) is 2. The van der Waals surface area contributed by atoms with Crippen LogP contribution in [0.4, 0.5) is 10.5 Å². The Bertz CT molecular complexity index is 1550. The fraction of sp³-hybridized carbons (Fsp3) is 0.441. The van der Waals surface area contributed by atoms with Gasteiger partial charge in [0.1, 0.15) is 24.2 Å². The zero-order valence-corrected chi connectivity index (χ0v) is 27.2. The Morgan fingerprint density at radius 3 is 2.83 bits per heavy atom. The molecule has 14 nitrogen and oxygen atoms in total. The Morgan fingerprint density at radius 2 is 2.06 bits per heavy atom. The number of esters is 1. The minimum absolute atomic E-state index is 0.0191. The van der Waals surface area contributed by atoms with Gasteiger partial charge in [0.25, 0.3) is 5.91 Å². The van der Waals surface area contributed by atoms with E-state index in [-0.39, 0.29) is 55.8 Å². The van der Waals surface area contributed by atoms with E-state index in [4.69, 9.17) is 13.9 Å². The molecule has 0 radical (unpaired) electrons. The molecule has 0 saturated carbocycles. The summed E-state index contributed by atoms with van der Waals surface area (Å²) in [4.78, 5) is 74.1. The molecular formula is C34H41N5O9. The molecule has 2 aliphatic heterocycles. The van der Waals surface area contributed by atoms with Gasteiger partial charge in [0.15, 0.2) is 5.69 Å². The number of hydrogen-bond acceptors (Lipinski definition) is 11. The van der Waals surface area contributed by atoms with Crippen LogP contribution in [0.25, 0.3) is 0 Å². The number of carbonyl (C=O) groups excluding carboxylic acids is 5. The second kappa shape index (κ2) is 17.2. The van der Waals surface area contributed by atoms with E-state index >= 15 is 0 Å². The number of ketones is 1. The molecule has 0 aromatic carbocycles. The third-order valence-corrected chi connectivity index (χ3v) is 7.84. The summed E-state index contributed by atoms with van der Waals surface area (Å²) in [6, 6.07) is 2.40. The molecule has 4 heterocycles. The van der Waals surface area contributed by atoms with Crippen molar-refractivity contribution in [3.63, 3.8) is 0 Å². The summed E-state index contributed by atoms with van der Waals surface area (Å²) in [5, 5.41) is 15.7. The Balaban J connectivity index is 1.54. The monoisotopic (exact) mass is 663 g/mol. The molecule has 1 saturated heterocycles. The minimum Gasteiger partial charge on any atom is -0.460 e. The number of nitrogens with one attached hydrogen (secondary N) is 2. The van der Waals surface area contributed by atoms with Crippen LogP contribution in [-0.4, -0.2) is 87.6 Å². The van der Waals surface area contributed by atoms with Crippen LogP contribution in [0, 0.1) is 11.8 Å². The Labute approximate surface area is 278 Å². The van der Waals surface area contributed by atoms with Crippen LogP contribution in [0.3, 0.4) is 0 Å². The Hall–Kier alpha value is -5.11. The van der Waals surface area contributed by atoms with Crippen molar-refractivity contribution in [1.82, 2.24) is 20.2 Å². The summed E-state index contributed by atoms with van der Waals surface area (Å²) in [5.41, 5.74) is 1.08. The lowest BCUT2D eigenvalue weighted by Crippen LogP contribution is -2.44. The molecule has 2 bridgehead atoms. The van der Waals surface area contributed by atoms with E-state index in [9.17, 15) is 29.1 Å². The van der Waals surface area contributed by atoms with Crippen LogP contribution < -0.4 is 10.6 Å². The van der Waals surface area contributed by atoms with Gasteiger partial charge in [-0.1, -0.05) is 43.7 Å². The minimum atomic E-state index is -1.05. The number of aliphatic hydroxyl groups is 1. The summed E-state index contributed by atoms with van der Waals surface area (Å²) < 4.78 is 16.8. The van der Waals surface area contributed by atoms with E-state index in [1.54, 1.807) is 57.3 Å². The van der Waals surface area contributed by atoms with Crippen molar-refractivity contribution >= 4 is 35.3 Å². The van der Waals surface area contributed by atoms with Gasteiger partial charge in [-0.05, 0) is 38.0 Å². The number of Topliss-reactive ketones (excluding diaryl/α,β-unsaturated/α-hetero) is 1. The van der Waals surface area contributed by atoms with Crippen LogP contribution in [0.5, 0.6) is 0 Å². The molecule has 0 aliphatic carbocycles. The Morgan fingerprint density at radius 1 is 1.25 bits per heavy atom. The molecule has 2 aromatic heterocycles. The van der Waals surface area contributed by atoms with Crippen molar-refractivity contribution in [2.45, 2.75) is 64.7 Å². The average Bonchev–Trinajstić information content (AvgIpc) is 3.73. The molecular weight excluding hydrogens is 622 g/mol. The second-order valence-electron chi connectivity index (χ2n) is 11.9. The fourth-order valence-corrected chi connectivity index (χ4v) is 5.44. The van der Waals surface area contributed by atoms with Crippen LogP contribution in [-0.2, 0) is 30.3 Å². The SMILES string of the molecule is CC1=C[C@@H](O)CC(=O)Cc2nc(co2)C(=O)N2CCC[C@@H]2C(=O)O[C@H]([C@@H](C)COC(=O)Nc2cccnc2)[C@H](C)/C=C/C(=O)NCC=C1. The van der Waals surface area contributed by atoms with E-state index < -0.39 is 48.1 Å². The topological polar surface area (TPSA) is 190 Å². The standard InChI is InChI=1S/C34H41N5O9/c1-21-7-4-13-36-29(42)11-10-22(2)31(23(3)19-47-34(45)37-24-8-5-12-35-18-24)48-33(44)28-9-6-14-39(28)32(43)27-20-46-30(38-27)17-26(41)16-25(40)15-21/h4-5,7-8,10-12,15,18,20,22-23,25,28,31,40H,6,9,13-14,16-17,19H2,1-3H3,(H,36,42)(H,37,45)/b7-4?,11-10+,21-15?/t22-,23+,25-,28-,31+/m1/s1. The summed E-state index contributed by atoms with van der Waals surface area (Å²) in [7, 11) is 0. The van der Waals surface area contributed by atoms with Crippen molar-refractivity contribution in [2.24, 2.45) is 11.8 Å². The maximum absolute atomic E-state index is 13.6. The number of cyclic esters (lactones) is 1. The number of anilines is 1. The summed E-state index contributed by atoms with van der Waals surface area (Å²) in [6.07, 6.45) is 9.93. The normalized spacial score (nSPS) is 24.5. The number of pyridine rings is 1. The van der Waals surface area contributed by atoms with Crippen LogP contribution in [0.2, 0.25) is 0 Å². The predicted octanol–water partition coefficient (Wildman–Crippen LogP) is 3.16. The van der Waals surface area contributed by atoms with E-state index in [1.807, 2.05) is 0 Å². The van der Waals surface area contributed by atoms with Crippen LogP contribution >= 0.6 is 0 Å². The molecule has 1 fully saturated rings. The van der Waals surface area contributed by atoms with Gasteiger partial charge in [-0.3, -0.25) is 24.7 Å². The lowest BCUT2D eigenvalue weighted by atomic mass is 9.93. The van der Waals surface area contributed by atoms with Gasteiger partial charge < -0.3 is 29.2 Å². The highest BCUT2D eigenvalue weighted by Gasteiger charge is 2.39. The molecule has 14 heteroatoms. The molecule has 5 atom stereocenters. The number of hydrogen-bond donors (Lipinski definition) is 3. The first-order valence-electron chi connectivity index (χ1n) is 15.8. The zero-order chi connectivity index (χ0) is 34.6. The molecule has 3 N–H and O–H groups in total. The zero-order valence-electron chi connectivity index (χ0n) is 27.2. The van der Waals surface area contributed by atoms with Gasteiger partial charge in [-0.2, -0.15) is 0 Å². The van der Waals surface area contributed by atoms with Crippen LogP contribution in [0.1, 0.15) is 56.4 Å². The molecule has 0 spiro atoms. The van der Waals surface area contributed by atoms with Crippen molar-refractivity contribution in [3.8, 4) is 0 Å². The average molecular weight is 664 g/mol. The largest absolute Gasteiger partial charge is 0.460 e. The number of fused-ring (bicyclic) bond motifs is 3. The number of carbonyl (C=O) groups is 5. The number of nitrogens with zero attached hydrogens (tertiary/aromatic N) is 3. The van der Waals surface area contributed by atoms with Gasteiger partial charge in [0.2, 0.25) is 11.8 Å². The number of amides is 3. The highest BCUT2D eigenvalue weighted by Crippen LogP contribution is 2.26. The summed E-state index contributed by atoms with van der Waals surface area (Å²) >= 11 is 0. The number of allylic oxidation sites excluding steroid dienone is 2. The number of oxazole rings is 1. The van der Waals surface area contributed by atoms with Gasteiger partial charge >= 0.3 is 12.1 Å². The molecule has 256 valence electrons. The van der Waals surface area contributed by atoms with E-state index in [2.05, 4.69) is 20.6 Å². The van der Waals surface area contributed by atoms with Crippen molar-refractivity contribution in [3.05, 3.63) is 78.3 Å². The second-order valence-corrected chi connectivity index (χ2v) is 11.9. The Kier molecular flexibility index (Phi) is 12.8. The van der Waals surface area contributed by atoms with E-state index in [0.717, 1.165) is 6.26 Å². The molecule has 3 amide bonds. The summed E-state index contributed by atoms with van der Waals surface area (Å²) in [6.45, 7) is 5.63. The van der Waals surface area contributed by atoms with Crippen molar-refractivity contribution in [2.75, 3.05) is 25.0 Å². The van der Waals surface area contributed by atoms with Crippen molar-refractivity contribution in [1.29, 1.82) is 0 Å². The highest BCUT2D eigenvalue weighted by atomic mass is 16.6. The third-order valence-electron chi connectivity index (χ3n) is 7.84. The fourth-order valence-electron chi connectivity index (χ4n) is 5.44. The molecule has 2 aliphatic rings. The summed E-state index contributed by atoms with van der Waals surface area (Å²) in [5.74, 6) is -2.92. The molecule has 2 aromatic rings. The number of rotatable bonds is 4. The predicted molar refractivity (Wildman–Crippen MR) is 172 cm³/mol. The quantitative estimate of drug-likeness (QED) is 0.408. The maximum Gasteiger partial charge on any atom is 0.411 e. The lowest BCUT2D eigenvalue weighted by molar-refractivity contribution is -0.159. The van der Waals surface area contributed by atoms with E-state index in [1.165, 1.54) is 23.2 Å². The molecule has 0 unspecified atom stereocenters. The first kappa shape index (κ1) is 35.7. The number of aromatic nitrogens is 2. The van der Waals surface area contributed by atoms with Crippen LogP contribution in [0.15, 0.2) is 71.2 Å². The maximum atomic E-state index is 13.6. The third kappa shape index (κ3) is 10.5. The first-order chi connectivity index (χ1) is 23.0. The lowest BCUT2D eigenvalue weighted by Gasteiger charge is -2.30. The van der Waals surface area contributed by atoms with E-state index in [0.29, 0.717) is 24.1 Å². The van der Waals surface area contributed by atoms with Gasteiger partial charge in [-0.25, -0.2) is 14.6 Å². The molecule has 4 rings (SSSR count). The van der Waals surface area contributed by atoms with Gasteiger partial charge in [0, 0.05) is 37.5 Å². The highest BCUT2D eigenvalue weighted by molar-refractivity contribution is 5.95. The first-order valence-corrected chi connectivity index (χ1v) is 15.8. The van der Waals surface area contributed by atoms with Gasteiger partial charge in [-0.15, -0.1) is 0 Å². The number of aliphatic hydroxyl groups excluding tert-OH is 1. The van der Waals surface area contributed by atoms with Crippen molar-refractivity contribution < 1.29 is 43.0 Å². The van der Waals surface area contributed by atoms with Gasteiger partial charge in [0.05, 0.1) is 31.0 Å².